The Labute approximate surface area is 184 Å². The number of likely N-dealkylation sites (N-methyl/N-ethyl adjacent to an activating group) is 1. The van der Waals surface area contributed by atoms with Crippen LogP contribution < -0.4 is 9.84 Å². The molecule has 5 heteroatoms. The second kappa shape index (κ2) is 9.36. The highest BCUT2D eigenvalue weighted by Crippen LogP contribution is 2.51. The van der Waals surface area contributed by atoms with Gasteiger partial charge >= 0.3 is 0 Å². The van der Waals surface area contributed by atoms with E-state index in [1.165, 1.54) is 4.88 Å². The third-order valence-electron chi connectivity index (χ3n) is 6.37. The van der Waals surface area contributed by atoms with Gasteiger partial charge in [0.25, 0.3) is 0 Å². The maximum Gasteiger partial charge on any atom is 0.137 e. The number of allylic oxidation sites excluding steroid dienone is 1. The lowest BCUT2D eigenvalue weighted by Gasteiger charge is -2.47. The van der Waals surface area contributed by atoms with Crippen LogP contribution in [-0.4, -0.2) is 37.7 Å². The lowest BCUT2D eigenvalue weighted by atomic mass is 9.59. The molecule has 0 saturated heterocycles. The molecule has 5 rings (SSSR count). The number of quaternary nitrogens is 1. The fourth-order valence-electron chi connectivity index (χ4n) is 4.06. The molecule has 2 bridgehead atoms. The number of para-hydroxylation sites is 1. The summed E-state index contributed by atoms with van der Waals surface area (Å²) < 4.78 is 6.70. The van der Waals surface area contributed by atoms with E-state index in [-0.39, 0.29) is 5.41 Å². The van der Waals surface area contributed by atoms with Gasteiger partial charge in [-0.25, -0.2) is 0 Å². The van der Waals surface area contributed by atoms with Crippen LogP contribution in [0.2, 0.25) is 0 Å². The van der Waals surface area contributed by atoms with Gasteiger partial charge in [-0.1, -0.05) is 43.3 Å². The molecular formula is C25H33NO3S. The van der Waals surface area contributed by atoms with Crippen molar-refractivity contribution < 1.29 is 19.1 Å². The number of carboxylic acids is 1. The van der Waals surface area contributed by atoms with Crippen molar-refractivity contribution in [2.75, 3.05) is 27.2 Å². The summed E-state index contributed by atoms with van der Waals surface area (Å²) in [7, 11) is 4.49. The summed E-state index contributed by atoms with van der Waals surface area (Å²) in [5.41, 5.74) is -0.338. The average Bonchev–Trinajstić information content (AvgIpc) is 3.22. The van der Waals surface area contributed by atoms with Gasteiger partial charge in [-0.15, -0.1) is 11.3 Å². The number of hydrogen-bond donors (Lipinski definition) is 0. The zero-order valence-corrected chi connectivity index (χ0v) is 19.1. The normalized spacial score (nSPS) is 24.8. The molecule has 0 amide bonds. The van der Waals surface area contributed by atoms with Gasteiger partial charge in [0.05, 0.1) is 24.9 Å². The number of thiophene rings is 1. The lowest BCUT2D eigenvalue weighted by Crippen LogP contribution is -2.47. The zero-order chi connectivity index (χ0) is 21.7. The van der Waals surface area contributed by atoms with Crippen molar-refractivity contribution in [2.45, 2.75) is 39.2 Å². The number of aliphatic carboxylic acids is 1. The van der Waals surface area contributed by atoms with Crippen LogP contribution in [0.25, 0.3) is 0 Å². The van der Waals surface area contributed by atoms with Gasteiger partial charge in [0.15, 0.2) is 0 Å². The van der Waals surface area contributed by atoms with E-state index in [4.69, 9.17) is 4.74 Å². The predicted molar refractivity (Wildman–Crippen MR) is 120 cm³/mol. The molecule has 3 aliphatic carbocycles. The summed E-state index contributed by atoms with van der Waals surface area (Å²) >= 11 is 1.82. The first-order chi connectivity index (χ1) is 14.2. The number of benzene rings is 1. The van der Waals surface area contributed by atoms with E-state index in [1.54, 1.807) is 0 Å². The van der Waals surface area contributed by atoms with Crippen LogP contribution in [0.1, 0.15) is 37.5 Å². The van der Waals surface area contributed by atoms with E-state index in [2.05, 4.69) is 44.6 Å². The fourth-order valence-corrected chi connectivity index (χ4v) is 4.98. The molecule has 0 atom stereocenters. The van der Waals surface area contributed by atoms with Gasteiger partial charge < -0.3 is 19.1 Å². The molecule has 162 valence electrons. The molecule has 3 aliphatic rings. The van der Waals surface area contributed by atoms with E-state index >= 15 is 0 Å². The average molecular weight is 428 g/mol. The summed E-state index contributed by atoms with van der Waals surface area (Å²) in [6.45, 7) is 5.02. The molecule has 0 radical (unpaired) electrons. The molecule has 1 fully saturated rings. The quantitative estimate of drug-likeness (QED) is 0.490. The fraction of sp³-hybridized carbons (Fsp3) is 0.480. The number of rotatable bonds is 7. The van der Waals surface area contributed by atoms with E-state index < -0.39 is 11.4 Å². The highest BCUT2D eigenvalue weighted by Gasteiger charge is 2.42. The number of hydrogen-bond acceptors (Lipinski definition) is 4. The Bertz CT molecular complexity index is 835. The van der Waals surface area contributed by atoms with Crippen molar-refractivity contribution in [1.82, 2.24) is 0 Å². The zero-order valence-electron chi connectivity index (χ0n) is 18.3. The van der Waals surface area contributed by atoms with Crippen LogP contribution in [0.5, 0.6) is 5.75 Å². The Balaban J connectivity index is 0.000000184. The largest absolute Gasteiger partial charge is 0.549 e. The van der Waals surface area contributed by atoms with E-state index in [0.717, 1.165) is 55.6 Å². The number of carbonyl (C=O) groups excluding carboxylic acids is 1. The topological polar surface area (TPSA) is 49.4 Å². The molecule has 1 aromatic heterocycles. The van der Waals surface area contributed by atoms with E-state index in [0.29, 0.717) is 0 Å². The second-order valence-corrected chi connectivity index (χ2v) is 10.5. The summed E-state index contributed by atoms with van der Waals surface area (Å²) in [6, 6.07) is 14.3. The highest BCUT2D eigenvalue weighted by atomic mass is 32.1. The Morgan fingerprint density at radius 1 is 1.07 bits per heavy atom. The van der Waals surface area contributed by atoms with Crippen molar-refractivity contribution in [3.8, 4) is 5.75 Å². The number of ether oxygens (including phenoxy) is 1. The first-order valence-corrected chi connectivity index (χ1v) is 11.5. The number of carbonyl (C=O) groups is 1. The van der Waals surface area contributed by atoms with Crippen LogP contribution in [-0.2, 0) is 11.3 Å². The smallest absolute Gasteiger partial charge is 0.137 e. The van der Waals surface area contributed by atoms with Crippen molar-refractivity contribution >= 4 is 17.3 Å². The third-order valence-corrected chi connectivity index (χ3v) is 7.23. The standard InChI is InChI=1S/C15H20NOS.C10H14O2/c1-16(2,13-15-9-6-12-18-15)10-11-17-14-7-4-3-5-8-14;1-9-2-5-10(6-3-9,7-4-9)8(11)12/h3-9,12H,10-11,13H2,1-2H3;2,5H,3-4,6-7H2,1H3,(H,11,12)/q+1;/p-1. The van der Waals surface area contributed by atoms with Gasteiger partial charge in [-0.05, 0) is 54.7 Å². The Morgan fingerprint density at radius 2 is 1.77 bits per heavy atom. The molecule has 1 saturated carbocycles. The van der Waals surface area contributed by atoms with Gasteiger partial charge in [0, 0.05) is 5.41 Å². The van der Waals surface area contributed by atoms with Crippen LogP contribution in [0, 0.1) is 10.8 Å². The van der Waals surface area contributed by atoms with Gasteiger partial charge in [-0.2, -0.15) is 0 Å². The molecular weight excluding hydrogens is 394 g/mol. The number of nitrogens with zero attached hydrogens (tertiary/aromatic N) is 1. The van der Waals surface area contributed by atoms with Crippen LogP contribution >= 0.6 is 11.3 Å². The van der Waals surface area contributed by atoms with Gasteiger partial charge in [-0.3, -0.25) is 0 Å². The monoisotopic (exact) mass is 427 g/mol. The molecule has 2 aromatic rings. The third kappa shape index (κ3) is 5.96. The first kappa shape index (κ1) is 22.6. The first-order valence-electron chi connectivity index (χ1n) is 10.7. The highest BCUT2D eigenvalue weighted by molar-refractivity contribution is 7.09. The maximum atomic E-state index is 10.9. The molecule has 4 nitrogen and oxygen atoms in total. The molecule has 30 heavy (non-hydrogen) atoms. The maximum absolute atomic E-state index is 10.9. The lowest BCUT2D eigenvalue weighted by molar-refractivity contribution is -0.903. The second-order valence-electron chi connectivity index (χ2n) is 9.49. The van der Waals surface area contributed by atoms with Crippen LogP contribution in [0.4, 0.5) is 0 Å². The van der Waals surface area contributed by atoms with E-state index in [9.17, 15) is 9.90 Å². The van der Waals surface area contributed by atoms with Gasteiger partial charge in [0.2, 0.25) is 0 Å². The predicted octanol–water partition coefficient (Wildman–Crippen LogP) is 4.28. The Kier molecular flexibility index (Phi) is 7.04. The molecule has 0 unspecified atom stereocenters. The molecule has 1 heterocycles. The molecule has 0 aliphatic heterocycles. The number of carboxylic acid groups (broad SMARTS) is 1. The van der Waals surface area contributed by atoms with Crippen molar-refractivity contribution in [2.24, 2.45) is 10.8 Å². The minimum Gasteiger partial charge on any atom is -0.549 e. The van der Waals surface area contributed by atoms with E-state index in [1.807, 2.05) is 47.7 Å². The summed E-state index contributed by atoms with van der Waals surface area (Å²) in [5.74, 6) is 0.0640. The molecule has 1 aromatic carbocycles. The van der Waals surface area contributed by atoms with Crippen molar-refractivity contribution in [1.29, 1.82) is 0 Å². The minimum atomic E-state index is -0.888. The van der Waals surface area contributed by atoms with Crippen molar-refractivity contribution in [3.63, 3.8) is 0 Å². The summed E-state index contributed by atoms with van der Waals surface area (Å²) in [6.07, 6.45) is 7.45. The SMILES string of the molecule is CC12C=CC(C(=O)[O-])(CC1)CC2.C[N+](C)(CCOc1ccccc1)Cc1cccs1. The molecule has 0 N–H and O–H groups in total. The number of fused-ring (bicyclic) bond motifs is 2. The Morgan fingerprint density at radius 3 is 2.30 bits per heavy atom. The summed E-state index contributed by atoms with van der Waals surface area (Å²) in [5, 5.41) is 13.0. The van der Waals surface area contributed by atoms with Gasteiger partial charge in [0.1, 0.15) is 25.4 Å². The van der Waals surface area contributed by atoms with Crippen molar-refractivity contribution in [3.05, 3.63) is 64.9 Å². The summed E-state index contributed by atoms with van der Waals surface area (Å²) in [4.78, 5) is 12.3. The minimum absolute atomic E-state index is 0.275. The van der Waals surface area contributed by atoms with Crippen LogP contribution in [0.3, 0.4) is 0 Å². The molecule has 0 spiro atoms. The van der Waals surface area contributed by atoms with Crippen LogP contribution in [0.15, 0.2) is 60.0 Å². The Hall–Kier alpha value is -2.11.